The van der Waals surface area contributed by atoms with Crippen LogP contribution in [0.3, 0.4) is 0 Å². The summed E-state index contributed by atoms with van der Waals surface area (Å²) in [7, 11) is 0. The fourth-order valence-electron chi connectivity index (χ4n) is 10.1. The van der Waals surface area contributed by atoms with Crippen molar-refractivity contribution < 1.29 is 4.42 Å². The van der Waals surface area contributed by atoms with E-state index in [1.165, 1.54) is 55.3 Å². The normalized spacial score (nSPS) is 11.4. The lowest BCUT2D eigenvalue weighted by molar-refractivity contribution is 0.669. The molecule has 0 aliphatic heterocycles. The van der Waals surface area contributed by atoms with Crippen molar-refractivity contribution in [3.8, 4) is 66.8 Å². The Balaban J connectivity index is 1.07. The highest BCUT2D eigenvalue weighted by molar-refractivity contribution is 6.14. The molecule has 2 nitrogen and oxygen atoms in total. The van der Waals surface area contributed by atoms with E-state index in [-0.39, 0.29) is 0 Å². The molecule has 11 aromatic carbocycles. The van der Waals surface area contributed by atoms with Gasteiger partial charge in [-0.15, -0.1) is 0 Å². The molecule has 1 heterocycles. The molecule has 0 spiro atoms. The van der Waals surface area contributed by atoms with Gasteiger partial charge in [0.25, 0.3) is 0 Å². The Bertz CT molecular complexity index is 3750. The molecule has 0 fully saturated rings. The van der Waals surface area contributed by atoms with Gasteiger partial charge in [0.1, 0.15) is 11.2 Å². The Kier molecular flexibility index (Phi) is 10.1. The molecule has 0 aliphatic rings. The van der Waals surface area contributed by atoms with Crippen LogP contribution in [0.2, 0.25) is 0 Å². The van der Waals surface area contributed by atoms with Gasteiger partial charge in [-0.1, -0.05) is 218 Å². The van der Waals surface area contributed by atoms with Crippen molar-refractivity contribution in [3.05, 3.63) is 260 Å². The number of aryl methyl sites for hydroxylation is 1. The number of benzene rings is 11. The van der Waals surface area contributed by atoms with E-state index < -0.39 is 0 Å². The first kappa shape index (κ1) is 39.8. The molecule has 12 aromatic rings. The first-order chi connectivity index (χ1) is 33.2. The SMILES string of the molecule is Cc1cccc(-c2cccc3cccc(-c4ccccc4N(c4ccc(-c5ccc(-c6ccccc6)c(-c6ccccc6)c5)cc4)c4ccccc4-c4cccc5oc6ccccc6c45)c23)c1. The lowest BCUT2D eigenvalue weighted by Crippen LogP contribution is -2.12. The second-order valence-electron chi connectivity index (χ2n) is 17.3. The maximum absolute atomic E-state index is 6.47. The van der Waals surface area contributed by atoms with Crippen LogP contribution in [-0.4, -0.2) is 0 Å². The summed E-state index contributed by atoms with van der Waals surface area (Å²) in [5.74, 6) is 0. The highest BCUT2D eigenvalue weighted by Gasteiger charge is 2.24. The minimum atomic E-state index is 0.873. The molecule has 0 aliphatic carbocycles. The van der Waals surface area contributed by atoms with Gasteiger partial charge in [0.05, 0.1) is 11.4 Å². The molecular formula is C65H45NO. The molecule has 0 saturated heterocycles. The molecule has 1 aromatic heterocycles. The molecule has 0 atom stereocenters. The number of para-hydroxylation sites is 3. The first-order valence-electron chi connectivity index (χ1n) is 23.0. The third-order valence-electron chi connectivity index (χ3n) is 13.2. The van der Waals surface area contributed by atoms with Crippen LogP contribution in [0.5, 0.6) is 0 Å². The van der Waals surface area contributed by atoms with Crippen molar-refractivity contribution in [3.63, 3.8) is 0 Å². The highest BCUT2D eigenvalue weighted by Crippen LogP contribution is 2.49. The first-order valence-corrected chi connectivity index (χ1v) is 23.0. The zero-order valence-electron chi connectivity index (χ0n) is 37.1. The number of furan rings is 1. The van der Waals surface area contributed by atoms with Gasteiger partial charge in [0.15, 0.2) is 0 Å². The van der Waals surface area contributed by atoms with Crippen LogP contribution >= 0.6 is 0 Å². The molecule has 2 heteroatoms. The molecule has 0 amide bonds. The van der Waals surface area contributed by atoms with Crippen LogP contribution in [0, 0.1) is 6.92 Å². The van der Waals surface area contributed by atoms with E-state index in [1.54, 1.807) is 0 Å². The van der Waals surface area contributed by atoms with Crippen molar-refractivity contribution in [1.29, 1.82) is 0 Å². The predicted octanol–water partition coefficient (Wildman–Crippen LogP) is 18.5. The zero-order valence-corrected chi connectivity index (χ0v) is 37.1. The van der Waals surface area contributed by atoms with E-state index in [0.717, 1.165) is 66.8 Å². The molecule has 316 valence electrons. The molecule has 0 N–H and O–H groups in total. The summed E-state index contributed by atoms with van der Waals surface area (Å²) in [5, 5.41) is 4.65. The number of anilines is 3. The standard InChI is InChI=1S/C65H45NO/c1-44-18-14-25-50(42-44)53-29-15-23-48-24-16-30-56(64(48)53)54-26-8-11-32-60(54)66(61-33-12-9-27-55(61)57-31-17-35-63-65(57)58-28-10-13-34-62(58)67-63)51-39-36-45(37-40-51)49-38-41-52(46-19-4-2-5-20-46)59(43-49)47-21-6-3-7-22-47/h2-43H,1H3. The van der Waals surface area contributed by atoms with Crippen LogP contribution in [0.15, 0.2) is 259 Å². The Morgan fingerprint density at radius 2 is 0.821 bits per heavy atom. The average molecular weight is 856 g/mol. The van der Waals surface area contributed by atoms with Gasteiger partial charge in [-0.25, -0.2) is 0 Å². The van der Waals surface area contributed by atoms with Gasteiger partial charge in [-0.05, 0) is 116 Å². The molecule has 12 rings (SSSR count). The second-order valence-corrected chi connectivity index (χ2v) is 17.3. The molecule has 67 heavy (non-hydrogen) atoms. The third kappa shape index (κ3) is 7.26. The van der Waals surface area contributed by atoms with E-state index in [9.17, 15) is 0 Å². The van der Waals surface area contributed by atoms with Crippen LogP contribution in [0.25, 0.3) is 99.5 Å². The number of hydrogen-bond acceptors (Lipinski definition) is 2. The van der Waals surface area contributed by atoms with Crippen molar-refractivity contribution in [2.75, 3.05) is 4.90 Å². The Morgan fingerprint density at radius 3 is 1.52 bits per heavy atom. The molecule has 0 radical (unpaired) electrons. The fraction of sp³-hybridized carbons (Fsp3) is 0.0154. The van der Waals surface area contributed by atoms with E-state index in [4.69, 9.17) is 4.42 Å². The predicted molar refractivity (Wildman–Crippen MR) is 283 cm³/mol. The van der Waals surface area contributed by atoms with Crippen molar-refractivity contribution in [2.24, 2.45) is 0 Å². The van der Waals surface area contributed by atoms with Crippen LogP contribution < -0.4 is 4.90 Å². The summed E-state index contributed by atoms with van der Waals surface area (Å²) < 4.78 is 6.47. The maximum atomic E-state index is 6.47. The summed E-state index contributed by atoms with van der Waals surface area (Å²) in [4.78, 5) is 2.46. The van der Waals surface area contributed by atoms with Crippen LogP contribution in [0.1, 0.15) is 5.56 Å². The zero-order chi connectivity index (χ0) is 44.7. The van der Waals surface area contributed by atoms with E-state index in [0.29, 0.717) is 0 Å². The molecule has 0 saturated carbocycles. The Morgan fingerprint density at radius 1 is 0.299 bits per heavy atom. The molecule has 0 bridgehead atoms. The summed E-state index contributed by atoms with van der Waals surface area (Å²) >= 11 is 0. The molecular weight excluding hydrogens is 811 g/mol. The van der Waals surface area contributed by atoms with Crippen molar-refractivity contribution in [2.45, 2.75) is 6.92 Å². The minimum absolute atomic E-state index is 0.873. The Labute approximate surface area is 391 Å². The molecule has 0 unspecified atom stereocenters. The summed E-state index contributed by atoms with van der Waals surface area (Å²) in [5.41, 5.74) is 20.3. The smallest absolute Gasteiger partial charge is 0.136 e. The number of fused-ring (bicyclic) bond motifs is 4. The Hall–Kier alpha value is -8.72. The van der Waals surface area contributed by atoms with Gasteiger partial charge in [0.2, 0.25) is 0 Å². The van der Waals surface area contributed by atoms with Gasteiger partial charge in [-0.3, -0.25) is 0 Å². The van der Waals surface area contributed by atoms with Gasteiger partial charge in [0, 0.05) is 27.6 Å². The quantitative estimate of drug-likeness (QED) is 0.144. The van der Waals surface area contributed by atoms with E-state index >= 15 is 0 Å². The topological polar surface area (TPSA) is 16.4 Å². The lowest BCUT2D eigenvalue weighted by atomic mass is 9.89. The lowest BCUT2D eigenvalue weighted by Gasteiger charge is -2.30. The summed E-state index contributed by atoms with van der Waals surface area (Å²) in [6.07, 6.45) is 0. The van der Waals surface area contributed by atoms with Gasteiger partial charge in [-0.2, -0.15) is 0 Å². The van der Waals surface area contributed by atoms with Gasteiger partial charge >= 0.3 is 0 Å². The third-order valence-corrected chi connectivity index (χ3v) is 13.2. The largest absolute Gasteiger partial charge is 0.456 e. The summed E-state index contributed by atoms with van der Waals surface area (Å²) in [6, 6.07) is 92.1. The summed E-state index contributed by atoms with van der Waals surface area (Å²) in [6.45, 7) is 2.17. The van der Waals surface area contributed by atoms with Crippen LogP contribution in [-0.2, 0) is 0 Å². The number of rotatable bonds is 9. The maximum Gasteiger partial charge on any atom is 0.136 e. The van der Waals surface area contributed by atoms with E-state index in [2.05, 4.69) is 261 Å². The number of nitrogens with zero attached hydrogens (tertiary/aromatic N) is 1. The highest BCUT2D eigenvalue weighted by atomic mass is 16.3. The average Bonchev–Trinajstić information content (AvgIpc) is 3.79. The fourth-order valence-corrected chi connectivity index (χ4v) is 10.1. The minimum Gasteiger partial charge on any atom is -0.456 e. The second kappa shape index (κ2) is 17.0. The number of hydrogen-bond donors (Lipinski definition) is 0. The van der Waals surface area contributed by atoms with Gasteiger partial charge < -0.3 is 9.32 Å². The van der Waals surface area contributed by atoms with Crippen molar-refractivity contribution >= 4 is 49.8 Å². The van der Waals surface area contributed by atoms with Crippen molar-refractivity contribution in [1.82, 2.24) is 0 Å². The monoisotopic (exact) mass is 855 g/mol. The van der Waals surface area contributed by atoms with E-state index in [1.807, 2.05) is 6.07 Å². The van der Waals surface area contributed by atoms with Crippen LogP contribution in [0.4, 0.5) is 17.1 Å².